The van der Waals surface area contributed by atoms with Gasteiger partial charge in [0, 0.05) is 22.5 Å². The van der Waals surface area contributed by atoms with E-state index in [-0.39, 0.29) is 12.2 Å². The Balaban J connectivity index is 2.32. The summed E-state index contributed by atoms with van der Waals surface area (Å²) in [4.78, 5) is 11.3. The molecule has 1 unspecified atom stereocenters. The fourth-order valence-corrected chi connectivity index (χ4v) is 2.16. The van der Waals surface area contributed by atoms with Gasteiger partial charge in [-0.15, -0.1) is 0 Å². The van der Waals surface area contributed by atoms with Crippen LogP contribution in [0.4, 0.5) is 0 Å². The highest BCUT2D eigenvalue weighted by Gasteiger charge is 2.11. The van der Waals surface area contributed by atoms with E-state index in [9.17, 15) is 4.79 Å². The maximum Gasteiger partial charge on any atom is 0.307 e. The molecule has 0 fully saturated rings. The second-order valence-electron chi connectivity index (χ2n) is 3.87. The summed E-state index contributed by atoms with van der Waals surface area (Å²) in [5.41, 5.74) is 1.06. The first-order chi connectivity index (χ1) is 8.11. The van der Waals surface area contributed by atoms with Crippen molar-refractivity contribution in [2.75, 3.05) is 0 Å². The molecule has 0 saturated carbocycles. The van der Waals surface area contributed by atoms with Crippen LogP contribution in [0.2, 0.25) is 0 Å². The van der Waals surface area contributed by atoms with Crippen molar-refractivity contribution >= 4 is 32.8 Å². The van der Waals surface area contributed by atoms with Gasteiger partial charge in [0.2, 0.25) is 0 Å². The first kappa shape index (κ1) is 12.2. The summed E-state index contributed by atoms with van der Waals surface area (Å²) in [6, 6.07) is 8.04. The van der Waals surface area contributed by atoms with Crippen LogP contribution in [0.15, 0.2) is 34.9 Å². The number of carbonyl (C=O) groups is 1. The van der Waals surface area contributed by atoms with E-state index in [2.05, 4.69) is 15.9 Å². The van der Waals surface area contributed by atoms with Crippen molar-refractivity contribution < 1.29 is 9.53 Å². The third-order valence-corrected chi connectivity index (χ3v) is 3.16. The molecule has 0 aliphatic heterocycles. The minimum Gasteiger partial charge on any atom is -0.442 e. The number of benzene rings is 1. The van der Waals surface area contributed by atoms with Gasteiger partial charge in [0.1, 0.15) is 0 Å². The maximum atomic E-state index is 11.3. The number of esters is 1. The fourth-order valence-electron chi connectivity index (χ4n) is 1.78. The lowest BCUT2D eigenvalue weighted by atomic mass is 10.2. The van der Waals surface area contributed by atoms with Gasteiger partial charge in [-0.2, -0.15) is 0 Å². The first-order valence-electron chi connectivity index (χ1n) is 5.57. The summed E-state index contributed by atoms with van der Waals surface area (Å²) < 4.78 is 8.29. The predicted octanol–water partition coefficient (Wildman–Crippen LogP) is 3.88. The zero-order valence-electron chi connectivity index (χ0n) is 9.81. The van der Waals surface area contributed by atoms with Crippen LogP contribution in [0.1, 0.15) is 26.5 Å². The highest BCUT2D eigenvalue weighted by atomic mass is 79.9. The predicted molar refractivity (Wildman–Crippen MR) is 70.7 cm³/mol. The van der Waals surface area contributed by atoms with Gasteiger partial charge >= 0.3 is 5.97 Å². The molecule has 1 aromatic heterocycles. The average Bonchev–Trinajstić information content (AvgIpc) is 2.71. The van der Waals surface area contributed by atoms with Gasteiger partial charge in [-0.25, -0.2) is 0 Å². The lowest BCUT2D eigenvalue weighted by molar-refractivity contribution is -0.151. The molecule has 1 aromatic carbocycles. The number of rotatable bonds is 3. The summed E-state index contributed by atoms with van der Waals surface area (Å²) in [5, 5.41) is 1.12. The van der Waals surface area contributed by atoms with E-state index in [1.54, 1.807) is 6.92 Å². The molecule has 2 rings (SSSR count). The van der Waals surface area contributed by atoms with Crippen molar-refractivity contribution in [1.82, 2.24) is 4.57 Å². The Kier molecular flexibility index (Phi) is 3.52. The van der Waals surface area contributed by atoms with E-state index in [4.69, 9.17) is 4.74 Å². The van der Waals surface area contributed by atoms with Gasteiger partial charge < -0.3 is 9.30 Å². The zero-order valence-corrected chi connectivity index (χ0v) is 11.4. The molecule has 0 bridgehead atoms. The molecule has 1 heterocycles. The molecule has 0 aliphatic carbocycles. The van der Waals surface area contributed by atoms with Crippen LogP contribution in [-0.4, -0.2) is 10.5 Å². The molecule has 90 valence electrons. The van der Waals surface area contributed by atoms with Crippen molar-refractivity contribution in [2.24, 2.45) is 0 Å². The van der Waals surface area contributed by atoms with Gasteiger partial charge in [0.25, 0.3) is 0 Å². The van der Waals surface area contributed by atoms with Crippen molar-refractivity contribution in [3.63, 3.8) is 0 Å². The van der Waals surface area contributed by atoms with E-state index in [1.807, 2.05) is 42.0 Å². The van der Waals surface area contributed by atoms with Gasteiger partial charge in [0.05, 0.1) is 5.52 Å². The lowest BCUT2D eigenvalue weighted by Gasteiger charge is -2.15. The smallest absolute Gasteiger partial charge is 0.307 e. The molecule has 0 spiro atoms. The van der Waals surface area contributed by atoms with Gasteiger partial charge in [-0.3, -0.25) is 4.79 Å². The number of fused-ring (bicyclic) bond motifs is 1. The zero-order chi connectivity index (χ0) is 12.4. The largest absolute Gasteiger partial charge is 0.442 e. The maximum absolute atomic E-state index is 11.3. The molecule has 0 aliphatic rings. The van der Waals surface area contributed by atoms with Crippen LogP contribution in [0, 0.1) is 0 Å². The van der Waals surface area contributed by atoms with E-state index >= 15 is 0 Å². The fraction of sp³-hybridized carbons (Fsp3) is 0.308. The number of nitrogens with zero attached hydrogens (tertiary/aromatic N) is 1. The van der Waals surface area contributed by atoms with Crippen LogP contribution in [0.25, 0.3) is 10.9 Å². The van der Waals surface area contributed by atoms with E-state index in [0.717, 1.165) is 15.4 Å². The van der Waals surface area contributed by atoms with Crippen molar-refractivity contribution in [1.29, 1.82) is 0 Å². The molecule has 0 amide bonds. The summed E-state index contributed by atoms with van der Waals surface area (Å²) >= 11 is 3.44. The van der Waals surface area contributed by atoms with Crippen molar-refractivity contribution in [2.45, 2.75) is 26.5 Å². The Bertz CT molecular complexity index is 547. The number of aromatic nitrogens is 1. The molecule has 0 saturated heterocycles. The Morgan fingerprint density at radius 3 is 2.94 bits per heavy atom. The summed E-state index contributed by atoms with van der Waals surface area (Å²) in [6.45, 7) is 3.66. The Morgan fingerprint density at radius 2 is 2.24 bits per heavy atom. The third kappa shape index (κ3) is 2.52. The highest BCUT2D eigenvalue weighted by molar-refractivity contribution is 9.10. The quantitative estimate of drug-likeness (QED) is 0.805. The van der Waals surface area contributed by atoms with E-state index in [1.165, 1.54) is 0 Å². The Labute approximate surface area is 108 Å². The number of hydrogen-bond acceptors (Lipinski definition) is 2. The molecular formula is C13H14BrNO2. The number of halogens is 1. The second-order valence-corrected chi connectivity index (χ2v) is 4.78. The number of hydrogen-bond donors (Lipinski definition) is 0. The molecule has 3 nitrogen and oxygen atoms in total. The molecule has 1 atom stereocenters. The molecule has 0 radical (unpaired) electrons. The molecule has 17 heavy (non-hydrogen) atoms. The van der Waals surface area contributed by atoms with Crippen LogP contribution in [0.5, 0.6) is 0 Å². The van der Waals surface area contributed by atoms with Gasteiger partial charge in [0.15, 0.2) is 6.23 Å². The Morgan fingerprint density at radius 1 is 1.47 bits per heavy atom. The van der Waals surface area contributed by atoms with E-state index in [0.29, 0.717) is 6.42 Å². The normalized spacial score (nSPS) is 12.6. The monoisotopic (exact) mass is 295 g/mol. The summed E-state index contributed by atoms with van der Waals surface area (Å²) in [7, 11) is 0. The molecule has 2 aromatic rings. The van der Waals surface area contributed by atoms with Crippen molar-refractivity contribution in [3.05, 3.63) is 34.9 Å². The standard InChI is InChI=1S/C13H14BrNO2/c1-3-13(16)17-9(2)15-7-6-10-8-11(14)4-5-12(10)15/h4-9H,3H2,1-2H3. The van der Waals surface area contributed by atoms with Crippen molar-refractivity contribution in [3.8, 4) is 0 Å². The lowest BCUT2D eigenvalue weighted by Crippen LogP contribution is -2.12. The van der Waals surface area contributed by atoms with Crippen LogP contribution in [-0.2, 0) is 9.53 Å². The van der Waals surface area contributed by atoms with E-state index < -0.39 is 0 Å². The van der Waals surface area contributed by atoms with Crippen LogP contribution in [0.3, 0.4) is 0 Å². The second kappa shape index (κ2) is 4.92. The highest BCUT2D eigenvalue weighted by Crippen LogP contribution is 2.24. The minimum atomic E-state index is -0.277. The average molecular weight is 296 g/mol. The topological polar surface area (TPSA) is 31.2 Å². The van der Waals surface area contributed by atoms with Crippen LogP contribution >= 0.6 is 15.9 Å². The summed E-state index contributed by atoms with van der Waals surface area (Å²) in [6.07, 6.45) is 2.06. The Hall–Kier alpha value is -1.29. The number of ether oxygens (including phenoxy) is 1. The molecular weight excluding hydrogens is 282 g/mol. The summed E-state index contributed by atoms with van der Waals surface area (Å²) in [5.74, 6) is -0.184. The third-order valence-electron chi connectivity index (χ3n) is 2.66. The minimum absolute atomic E-state index is 0.184. The molecule has 0 N–H and O–H groups in total. The number of carbonyl (C=O) groups excluding carboxylic acids is 1. The first-order valence-corrected chi connectivity index (χ1v) is 6.36. The van der Waals surface area contributed by atoms with Gasteiger partial charge in [-0.1, -0.05) is 22.9 Å². The van der Waals surface area contributed by atoms with Gasteiger partial charge in [-0.05, 0) is 31.2 Å². The molecule has 4 heteroatoms. The van der Waals surface area contributed by atoms with Crippen LogP contribution < -0.4 is 0 Å². The SMILES string of the molecule is CCC(=O)OC(C)n1ccc2cc(Br)ccc21.